The lowest BCUT2D eigenvalue weighted by atomic mass is 10.1. The summed E-state index contributed by atoms with van der Waals surface area (Å²) in [4.78, 5) is 22.5. The van der Waals surface area contributed by atoms with Gasteiger partial charge in [0, 0.05) is 6.07 Å². The quantitative estimate of drug-likeness (QED) is 0.347. The molecule has 2 rings (SSSR count). The lowest BCUT2D eigenvalue weighted by molar-refractivity contribution is -0.385. The van der Waals surface area contributed by atoms with Gasteiger partial charge in [0.05, 0.1) is 26.8 Å². The summed E-state index contributed by atoms with van der Waals surface area (Å²) in [6.07, 6.45) is -3.68. The average Bonchev–Trinajstić information content (AvgIpc) is 2.60. The van der Waals surface area contributed by atoms with Gasteiger partial charge in [0.25, 0.3) is 11.6 Å². The van der Waals surface area contributed by atoms with Crippen molar-refractivity contribution in [2.45, 2.75) is 6.18 Å². The number of para-hydroxylation sites is 1. The number of hydrogen-bond donors (Lipinski definition) is 1. The Hall–Kier alpha value is -3.38. The highest BCUT2D eigenvalue weighted by Gasteiger charge is 2.31. The fourth-order valence-electron chi connectivity index (χ4n) is 2.07. The van der Waals surface area contributed by atoms with Crippen molar-refractivity contribution in [3.8, 4) is 6.07 Å². The number of nitrogens with zero attached hydrogens (tertiary/aromatic N) is 2. The molecule has 2 aromatic rings. The van der Waals surface area contributed by atoms with Crippen LogP contribution >= 0.6 is 11.6 Å². The number of nitro benzene ring substituents is 1. The van der Waals surface area contributed by atoms with Crippen molar-refractivity contribution in [2.24, 2.45) is 0 Å². The Morgan fingerprint density at radius 1 is 1.26 bits per heavy atom. The molecule has 0 aliphatic heterocycles. The molecule has 2 aromatic carbocycles. The Balaban J connectivity index is 2.37. The van der Waals surface area contributed by atoms with Crippen LogP contribution < -0.4 is 5.32 Å². The third-order valence-corrected chi connectivity index (χ3v) is 3.67. The molecular formula is C17H9ClF3N3O3. The van der Waals surface area contributed by atoms with Gasteiger partial charge < -0.3 is 5.32 Å². The number of carbonyl (C=O) groups excluding carboxylic acids is 1. The number of carbonyl (C=O) groups is 1. The molecule has 0 saturated heterocycles. The number of halogens is 4. The van der Waals surface area contributed by atoms with E-state index in [0.29, 0.717) is 6.07 Å². The smallest absolute Gasteiger partial charge is 0.320 e. The number of nitriles is 1. The number of amides is 1. The van der Waals surface area contributed by atoms with E-state index < -0.39 is 28.1 Å². The zero-order valence-electron chi connectivity index (χ0n) is 13.2. The van der Waals surface area contributed by atoms with Gasteiger partial charge in [-0.2, -0.15) is 18.4 Å². The van der Waals surface area contributed by atoms with Crippen molar-refractivity contribution < 1.29 is 22.9 Å². The van der Waals surface area contributed by atoms with Crippen molar-refractivity contribution in [2.75, 3.05) is 5.32 Å². The van der Waals surface area contributed by atoms with Crippen LogP contribution in [0.2, 0.25) is 5.02 Å². The van der Waals surface area contributed by atoms with E-state index in [9.17, 15) is 28.1 Å². The molecular weight excluding hydrogens is 387 g/mol. The Labute approximate surface area is 155 Å². The highest BCUT2D eigenvalue weighted by Crippen LogP contribution is 2.34. The van der Waals surface area contributed by atoms with Gasteiger partial charge in [0.1, 0.15) is 11.6 Å². The maximum atomic E-state index is 12.8. The van der Waals surface area contributed by atoms with Crippen molar-refractivity contribution in [3.05, 3.63) is 74.3 Å². The summed E-state index contributed by atoms with van der Waals surface area (Å²) in [7, 11) is 0. The molecule has 0 radical (unpaired) electrons. The lowest BCUT2D eigenvalue weighted by Crippen LogP contribution is -2.15. The molecule has 138 valence electrons. The fraction of sp³-hybridized carbons (Fsp3) is 0.0588. The van der Waals surface area contributed by atoms with E-state index in [0.717, 1.165) is 18.2 Å². The second-order valence-electron chi connectivity index (χ2n) is 5.13. The molecule has 0 saturated carbocycles. The molecule has 0 bridgehead atoms. The highest BCUT2D eigenvalue weighted by molar-refractivity contribution is 6.34. The van der Waals surface area contributed by atoms with Gasteiger partial charge in [0.15, 0.2) is 0 Å². The first-order chi connectivity index (χ1) is 12.6. The maximum absolute atomic E-state index is 12.8. The summed E-state index contributed by atoms with van der Waals surface area (Å²) < 4.78 is 38.4. The second-order valence-corrected chi connectivity index (χ2v) is 5.54. The van der Waals surface area contributed by atoms with Crippen LogP contribution in [-0.2, 0) is 11.0 Å². The zero-order valence-corrected chi connectivity index (χ0v) is 14.0. The zero-order chi connectivity index (χ0) is 20.2. The molecule has 0 unspecified atom stereocenters. The Bertz CT molecular complexity index is 981. The molecule has 0 fully saturated rings. The standard InChI is InChI=1S/C17H9ClF3N3O3/c18-13-6-5-12(17(19,20)21)8-14(13)23-16(25)11(9-22)7-10-3-1-2-4-15(10)24(26)27/h1-8H,(H,23,25)/b11-7+. The van der Waals surface area contributed by atoms with E-state index in [-0.39, 0.29) is 22.0 Å². The Morgan fingerprint density at radius 2 is 1.93 bits per heavy atom. The van der Waals surface area contributed by atoms with E-state index in [1.54, 1.807) is 6.07 Å². The first-order valence-corrected chi connectivity index (χ1v) is 7.54. The number of nitro groups is 1. The van der Waals surface area contributed by atoms with Crippen molar-refractivity contribution in [1.29, 1.82) is 5.26 Å². The Morgan fingerprint density at radius 3 is 2.52 bits per heavy atom. The summed E-state index contributed by atoms with van der Waals surface area (Å²) >= 11 is 5.79. The predicted molar refractivity (Wildman–Crippen MR) is 91.8 cm³/mol. The summed E-state index contributed by atoms with van der Waals surface area (Å²) in [5, 5.41) is 22.1. The molecule has 0 aliphatic rings. The van der Waals surface area contributed by atoms with Crippen LogP contribution in [0.15, 0.2) is 48.0 Å². The largest absolute Gasteiger partial charge is 0.416 e. The number of nitrogens with one attached hydrogen (secondary N) is 1. The highest BCUT2D eigenvalue weighted by atomic mass is 35.5. The van der Waals surface area contributed by atoms with Crippen LogP contribution in [0, 0.1) is 21.4 Å². The van der Waals surface area contributed by atoms with E-state index in [2.05, 4.69) is 5.32 Å². The van der Waals surface area contributed by atoms with Crippen LogP contribution in [-0.4, -0.2) is 10.8 Å². The topological polar surface area (TPSA) is 96.0 Å². The molecule has 6 nitrogen and oxygen atoms in total. The molecule has 10 heteroatoms. The fourth-order valence-corrected chi connectivity index (χ4v) is 2.23. The summed E-state index contributed by atoms with van der Waals surface area (Å²) in [5.74, 6) is -1.06. The van der Waals surface area contributed by atoms with Crippen molar-refractivity contribution >= 4 is 35.0 Å². The summed E-state index contributed by atoms with van der Waals surface area (Å²) in [6.45, 7) is 0. The predicted octanol–water partition coefficient (Wildman–Crippen LogP) is 4.81. The van der Waals surface area contributed by atoms with Gasteiger partial charge in [-0.3, -0.25) is 14.9 Å². The first kappa shape index (κ1) is 19.9. The third-order valence-electron chi connectivity index (χ3n) is 3.34. The van der Waals surface area contributed by atoms with Gasteiger partial charge in [-0.1, -0.05) is 23.7 Å². The van der Waals surface area contributed by atoms with Gasteiger partial charge in [-0.25, -0.2) is 0 Å². The number of hydrogen-bond acceptors (Lipinski definition) is 4. The van der Waals surface area contributed by atoms with Crippen molar-refractivity contribution in [1.82, 2.24) is 0 Å². The van der Waals surface area contributed by atoms with Gasteiger partial charge in [-0.15, -0.1) is 0 Å². The van der Waals surface area contributed by atoms with Crippen LogP contribution in [0.25, 0.3) is 6.08 Å². The minimum absolute atomic E-state index is 0.00987. The van der Waals surface area contributed by atoms with Crippen LogP contribution in [0.4, 0.5) is 24.5 Å². The monoisotopic (exact) mass is 395 g/mol. The van der Waals surface area contributed by atoms with Gasteiger partial charge in [-0.05, 0) is 30.3 Å². The first-order valence-electron chi connectivity index (χ1n) is 7.17. The molecule has 0 aromatic heterocycles. The molecule has 27 heavy (non-hydrogen) atoms. The van der Waals surface area contributed by atoms with Crippen LogP contribution in [0.3, 0.4) is 0 Å². The van der Waals surface area contributed by atoms with Gasteiger partial charge >= 0.3 is 6.18 Å². The minimum Gasteiger partial charge on any atom is -0.320 e. The summed E-state index contributed by atoms with van der Waals surface area (Å²) in [5.41, 5.74) is -2.28. The van der Waals surface area contributed by atoms with Crippen LogP contribution in [0.1, 0.15) is 11.1 Å². The van der Waals surface area contributed by atoms with Crippen molar-refractivity contribution in [3.63, 3.8) is 0 Å². The van der Waals surface area contributed by atoms with E-state index in [4.69, 9.17) is 16.9 Å². The van der Waals surface area contributed by atoms with Gasteiger partial charge in [0.2, 0.25) is 0 Å². The van der Waals surface area contributed by atoms with E-state index in [1.807, 2.05) is 0 Å². The molecule has 0 aliphatic carbocycles. The number of alkyl halides is 3. The molecule has 0 atom stereocenters. The number of benzene rings is 2. The third kappa shape index (κ3) is 4.83. The lowest BCUT2D eigenvalue weighted by Gasteiger charge is -2.11. The minimum atomic E-state index is -4.65. The maximum Gasteiger partial charge on any atom is 0.416 e. The van der Waals surface area contributed by atoms with E-state index >= 15 is 0 Å². The SMILES string of the molecule is N#C/C(=C\c1ccccc1[N+](=O)[O-])C(=O)Nc1cc(C(F)(F)F)ccc1Cl. The molecule has 0 spiro atoms. The Kier molecular flexibility index (Phi) is 5.82. The molecule has 0 heterocycles. The molecule has 1 amide bonds. The number of anilines is 1. The number of rotatable bonds is 4. The average molecular weight is 396 g/mol. The van der Waals surface area contributed by atoms with Crippen LogP contribution in [0.5, 0.6) is 0 Å². The molecule has 1 N–H and O–H groups in total. The summed E-state index contributed by atoms with van der Waals surface area (Å²) in [6, 6.07) is 9.26. The van der Waals surface area contributed by atoms with E-state index in [1.165, 1.54) is 24.3 Å². The normalized spacial score (nSPS) is 11.6. The second kappa shape index (κ2) is 7.88.